The Morgan fingerprint density at radius 2 is 2.05 bits per heavy atom. The van der Waals surface area contributed by atoms with E-state index >= 15 is 0 Å². The van der Waals surface area contributed by atoms with Crippen molar-refractivity contribution in [3.63, 3.8) is 0 Å². The molecule has 2 unspecified atom stereocenters. The summed E-state index contributed by atoms with van der Waals surface area (Å²) in [5.41, 5.74) is 0. The molecule has 2 amide bonds. The van der Waals surface area contributed by atoms with Crippen LogP contribution in [-0.4, -0.2) is 64.4 Å². The number of aliphatic hydroxyl groups is 1. The molecule has 0 bridgehead atoms. The largest absolute Gasteiger partial charge is 0.480 e. The second-order valence-corrected chi connectivity index (χ2v) is 6.14. The minimum Gasteiger partial charge on any atom is -0.480 e. The van der Waals surface area contributed by atoms with Gasteiger partial charge < -0.3 is 20.4 Å². The first-order valence-corrected chi connectivity index (χ1v) is 8.30. The molecule has 7 heteroatoms. The van der Waals surface area contributed by atoms with Gasteiger partial charge in [0.1, 0.15) is 6.04 Å². The molecule has 0 aromatic rings. The lowest BCUT2D eigenvalue weighted by Gasteiger charge is -2.35. The van der Waals surface area contributed by atoms with E-state index in [1.807, 2.05) is 6.26 Å². The summed E-state index contributed by atoms with van der Waals surface area (Å²) >= 11 is 1.54. The molecule has 0 radical (unpaired) electrons. The molecule has 3 N–H and O–H groups in total. The van der Waals surface area contributed by atoms with E-state index in [9.17, 15) is 14.7 Å². The number of rotatable bonds is 6. The van der Waals surface area contributed by atoms with Gasteiger partial charge in [-0.2, -0.15) is 11.8 Å². The smallest absolute Gasteiger partial charge is 0.326 e. The summed E-state index contributed by atoms with van der Waals surface area (Å²) in [5, 5.41) is 21.6. The van der Waals surface area contributed by atoms with Crippen LogP contribution in [0.1, 0.15) is 32.1 Å². The van der Waals surface area contributed by atoms with Gasteiger partial charge in [-0.15, -0.1) is 0 Å². The first kappa shape index (κ1) is 17.1. The number of carboxylic acid groups (broad SMARTS) is 1. The van der Waals surface area contributed by atoms with Crippen molar-refractivity contribution in [3.8, 4) is 0 Å². The highest BCUT2D eigenvalue weighted by atomic mass is 32.2. The summed E-state index contributed by atoms with van der Waals surface area (Å²) in [4.78, 5) is 24.7. The van der Waals surface area contributed by atoms with E-state index in [0.29, 0.717) is 18.6 Å². The minimum atomic E-state index is -1.02. The third-order valence-electron chi connectivity index (χ3n) is 3.72. The number of carboxylic acids is 1. The number of aliphatic hydroxyl groups excluding tert-OH is 1. The highest BCUT2D eigenvalue weighted by molar-refractivity contribution is 7.98. The normalized spacial score (nSPS) is 23.9. The van der Waals surface area contributed by atoms with Crippen molar-refractivity contribution in [1.29, 1.82) is 0 Å². The van der Waals surface area contributed by atoms with Crippen LogP contribution in [-0.2, 0) is 4.79 Å². The van der Waals surface area contributed by atoms with Crippen molar-refractivity contribution in [2.24, 2.45) is 0 Å². The average molecular weight is 304 g/mol. The number of hydrogen-bond acceptors (Lipinski definition) is 4. The fraction of sp³-hybridized carbons (Fsp3) is 0.846. The first-order valence-electron chi connectivity index (χ1n) is 6.90. The van der Waals surface area contributed by atoms with E-state index in [1.54, 1.807) is 18.8 Å². The maximum atomic E-state index is 12.1. The predicted octanol–water partition coefficient (Wildman–Crippen LogP) is 1.14. The van der Waals surface area contributed by atoms with E-state index in [2.05, 4.69) is 5.32 Å². The Bertz CT molecular complexity index is 340. The van der Waals surface area contributed by atoms with E-state index < -0.39 is 24.1 Å². The number of carbonyl (C=O) groups excluding carboxylic acids is 1. The number of urea groups is 1. The monoisotopic (exact) mass is 304 g/mol. The maximum Gasteiger partial charge on any atom is 0.326 e. The molecule has 1 saturated carbocycles. The molecule has 0 saturated heterocycles. The average Bonchev–Trinajstić information content (AvgIpc) is 2.42. The Morgan fingerprint density at radius 1 is 1.40 bits per heavy atom. The van der Waals surface area contributed by atoms with Crippen LogP contribution < -0.4 is 5.32 Å². The molecule has 20 heavy (non-hydrogen) atoms. The molecule has 0 aliphatic heterocycles. The van der Waals surface area contributed by atoms with Crippen LogP contribution in [0.15, 0.2) is 0 Å². The van der Waals surface area contributed by atoms with Gasteiger partial charge in [0.25, 0.3) is 0 Å². The van der Waals surface area contributed by atoms with Gasteiger partial charge >= 0.3 is 12.0 Å². The summed E-state index contributed by atoms with van der Waals surface area (Å²) in [6, 6.07) is -1.53. The van der Waals surface area contributed by atoms with Gasteiger partial charge in [-0.1, -0.05) is 12.8 Å². The number of nitrogens with one attached hydrogen (secondary N) is 1. The van der Waals surface area contributed by atoms with Gasteiger partial charge in [-0.3, -0.25) is 0 Å². The van der Waals surface area contributed by atoms with Crippen LogP contribution in [0, 0.1) is 0 Å². The molecule has 0 heterocycles. The summed E-state index contributed by atoms with van der Waals surface area (Å²) in [7, 11) is 1.61. The van der Waals surface area contributed by atoms with Gasteiger partial charge in [0, 0.05) is 7.05 Å². The highest BCUT2D eigenvalue weighted by Crippen LogP contribution is 2.22. The Morgan fingerprint density at radius 3 is 2.60 bits per heavy atom. The second-order valence-electron chi connectivity index (χ2n) is 5.15. The van der Waals surface area contributed by atoms with Crippen LogP contribution in [0.5, 0.6) is 0 Å². The van der Waals surface area contributed by atoms with Crippen LogP contribution >= 0.6 is 11.8 Å². The number of hydrogen-bond donors (Lipinski definition) is 3. The van der Waals surface area contributed by atoms with Crippen molar-refractivity contribution in [3.05, 3.63) is 0 Å². The van der Waals surface area contributed by atoms with Crippen LogP contribution in [0.3, 0.4) is 0 Å². The van der Waals surface area contributed by atoms with E-state index in [1.165, 1.54) is 4.90 Å². The molecule has 6 nitrogen and oxygen atoms in total. The molecule has 116 valence electrons. The fourth-order valence-corrected chi connectivity index (χ4v) is 2.91. The van der Waals surface area contributed by atoms with Crippen LogP contribution in [0.4, 0.5) is 4.79 Å². The third kappa shape index (κ3) is 4.86. The second kappa shape index (κ2) is 8.36. The molecular weight excluding hydrogens is 280 g/mol. The van der Waals surface area contributed by atoms with Crippen molar-refractivity contribution < 1.29 is 19.8 Å². The topological polar surface area (TPSA) is 89.9 Å². The molecule has 1 aliphatic carbocycles. The number of amides is 2. The zero-order valence-electron chi connectivity index (χ0n) is 12.0. The van der Waals surface area contributed by atoms with Crippen LogP contribution in [0.25, 0.3) is 0 Å². The number of nitrogens with zero attached hydrogens (tertiary/aromatic N) is 1. The van der Waals surface area contributed by atoms with Crippen molar-refractivity contribution >= 4 is 23.8 Å². The van der Waals surface area contributed by atoms with Gasteiger partial charge in [0.15, 0.2) is 0 Å². The number of carbonyl (C=O) groups is 2. The molecule has 1 rings (SSSR count). The van der Waals surface area contributed by atoms with Crippen LogP contribution in [0.2, 0.25) is 0 Å². The SMILES string of the molecule is CSCC[C@@H](NC(=O)N(C)C1CCCCC1O)C(=O)O. The third-order valence-corrected chi connectivity index (χ3v) is 4.36. The summed E-state index contributed by atoms with van der Waals surface area (Å²) in [6.07, 6.45) is 5.17. The Balaban J connectivity index is 2.56. The highest BCUT2D eigenvalue weighted by Gasteiger charge is 2.31. The minimum absolute atomic E-state index is 0.223. The Kier molecular flexibility index (Phi) is 7.15. The van der Waals surface area contributed by atoms with E-state index in [-0.39, 0.29) is 6.04 Å². The van der Waals surface area contributed by atoms with Gasteiger partial charge in [0.05, 0.1) is 12.1 Å². The summed E-state index contributed by atoms with van der Waals surface area (Å²) in [5.74, 6) is -0.350. The van der Waals surface area contributed by atoms with Crippen molar-refractivity contribution in [2.75, 3.05) is 19.1 Å². The molecule has 1 fully saturated rings. The maximum absolute atomic E-state index is 12.1. The number of aliphatic carboxylic acids is 1. The Labute approximate surface area is 123 Å². The molecular formula is C13H24N2O4S. The van der Waals surface area contributed by atoms with Crippen molar-refractivity contribution in [1.82, 2.24) is 10.2 Å². The molecule has 3 atom stereocenters. The van der Waals surface area contributed by atoms with Crippen molar-refractivity contribution in [2.45, 2.75) is 50.3 Å². The summed E-state index contributed by atoms with van der Waals surface area (Å²) < 4.78 is 0. The van der Waals surface area contributed by atoms with Gasteiger partial charge in [-0.25, -0.2) is 9.59 Å². The number of likely N-dealkylation sites (N-methyl/N-ethyl adjacent to an activating group) is 1. The van der Waals surface area contributed by atoms with E-state index in [0.717, 1.165) is 19.3 Å². The Hall–Kier alpha value is -0.950. The molecule has 0 aromatic heterocycles. The summed E-state index contributed by atoms with van der Waals surface area (Å²) in [6.45, 7) is 0. The van der Waals surface area contributed by atoms with Gasteiger partial charge in [-0.05, 0) is 31.3 Å². The molecule has 0 aromatic carbocycles. The lowest BCUT2D eigenvalue weighted by Crippen LogP contribution is -2.53. The lowest BCUT2D eigenvalue weighted by atomic mass is 9.92. The first-order chi connectivity index (χ1) is 9.47. The quantitative estimate of drug-likeness (QED) is 0.684. The predicted molar refractivity (Wildman–Crippen MR) is 79.0 cm³/mol. The molecule has 1 aliphatic rings. The fourth-order valence-electron chi connectivity index (χ4n) is 2.44. The standard InChI is InChI=1S/C13H24N2O4S/c1-15(10-5-3-4-6-11(10)16)13(19)14-9(12(17)18)7-8-20-2/h9-11,16H,3-8H2,1-2H3,(H,14,19)(H,17,18)/t9-,10?,11?/m1/s1. The van der Waals surface area contributed by atoms with E-state index in [4.69, 9.17) is 5.11 Å². The van der Waals surface area contributed by atoms with Gasteiger partial charge in [0.2, 0.25) is 0 Å². The number of thioether (sulfide) groups is 1. The molecule has 0 spiro atoms. The zero-order chi connectivity index (χ0) is 15.1. The zero-order valence-corrected chi connectivity index (χ0v) is 12.9. The lowest BCUT2D eigenvalue weighted by molar-refractivity contribution is -0.139.